The number of carbonyl (C=O) groups excluding carboxylic acids is 4. The van der Waals surface area contributed by atoms with E-state index in [0.717, 1.165) is 11.1 Å². The molecular formula is C32H30N4O4. The van der Waals surface area contributed by atoms with Crippen molar-refractivity contribution in [1.82, 2.24) is 9.80 Å². The second-order valence-corrected chi connectivity index (χ2v) is 9.18. The summed E-state index contributed by atoms with van der Waals surface area (Å²) >= 11 is 0. The second kappa shape index (κ2) is 14.0. The molecule has 0 aliphatic rings. The lowest BCUT2D eigenvalue weighted by molar-refractivity contribution is -0.130. The van der Waals surface area contributed by atoms with Gasteiger partial charge in [0, 0.05) is 49.7 Å². The zero-order chi connectivity index (χ0) is 29.1. The zero-order valence-corrected chi connectivity index (χ0v) is 22.4. The van der Waals surface area contributed by atoms with Crippen LogP contribution in [0.4, 0.5) is 11.4 Å². The van der Waals surface area contributed by atoms with Gasteiger partial charge in [-0.2, -0.15) is 0 Å². The fourth-order valence-electron chi connectivity index (χ4n) is 3.59. The fraction of sp³-hybridized carbons (Fsp3) is 0.188. The molecule has 0 bridgehead atoms. The van der Waals surface area contributed by atoms with E-state index in [-0.39, 0.29) is 35.8 Å². The van der Waals surface area contributed by atoms with E-state index >= 15 is 0 Å². The van der Waals surface area contributed by atoms with Crippen LogP contribution in [0.15, 0.2) is 72.8 Å². The molecule has 0 radical (unpaired) electrons. The lowest BCUT2D eigenvalue weighted by Crippen LogP contribution is -2.25. The van der Waals surface area contributed by atoms with Gasteiger partial charge in [-0.1, -0.05) is 54.3 Å². The lowest BCUT2D eigenvalue weighted by atomic mass is 10.0. The van der Waals surface area contributed by atoms with Crippen molar-refractivity contribution in [2.75, 3.05) is 25.6 Å². The first-order chi connectivity index (χ1) is 19.1. The van der Waals surface area contributed by atoms with E-state index in [2.05, 4.69) is 23.7 Å². The van der Waals surface area contributed by atoms with Crippen molar-refractivity contribution < 1.29 is 19.2 Å². The Hall–Kier alpha value is -5.34. The van der Waals surface area contributed by atoms with Crippen LogP contribution in [0.25, 0.3) is 0 Å². The van der Waals surface area contributed by atoms with Crippen LogP contribution < -0.4 is 11.5 Å². The van der Waals surface area contributed by atoms with E-state index in [1.54, 1.807) is 44.4 Å². The van der Waals surface area contributed by atoms with Gasteiger partial charge in [0.15, 0.2) is 0 Å². The Balaban J connectivity index is 1.52. The molecule has 0 saturated heterocycles. The smallest absolute Gasteiger partial charge is 0.235 e. The number of rotatable bonds is 8. The monoisotopic (exact) mass is 534 g/mol. The summed E-state index contributed by atoms with van der Waals surface area (Å²) in [4.78, 5) is 52.8. The van der Waals surface area contributed by atoms with Gasteiger partial charge >= 0.3 is 0 Å². The van der Waals surface area contributed by atoms with Gasteiger partial charge in [-0.25, -0.2) is 0 Å². The predicted molar refractivity (Wildman–Crippen MR) is 155 cm³/mol. The summed E-state index contributed by atoms with van der Waals surface area (Å²) in [5, 5.41) is 0. The van der Waals surface area contributed by atoms with Gasteiger partial charge in [0.25, 0.3) is 0 Å². The van der Waals surface area contributed by atoms with E-state index in [4.69, 9.17) is 11.5 Å². The summed E-state index contributed by atoms with van der Waals surface area (Å²) in [6, 6.07) is 20.4. The summed E-state index contributed by atoms with van der Waals surface area (Å²) in [5.74, 6) is 8.65. The molecule has 0 aliphatic heterocycles. The first-order valence-electron chi connectivity index (χ1n) is 12.5. The Morgan fingerprint density at radius 2 is 1.00 bits per heavy atom. The lowest BCUT2D eigenvalue weighted by Gasteiger charge is -2.15. The molecular weight excluding hydrogens is 504 g/mol. The molecule has 3 aromatic carbocycles. The maximum Gasteiger partial charge on any atom is 0.235 e. The highest BCUT2D eigenvalue weighted by Crippen LogP contribution is 2.10. The summed E-state index contributed by atoms with van der Waals surface area (Å²) in [6.45, 7) is 0.787. The van der Waals surface area contributed by atoms with Crippen LogP contribution in [0.1, 0.15) is 44.7 Å². The van der Waals surface area contributed by atoms with Gasteiger partial charge in [0.2, 0.25) is 23.4 Å². The number of carbonyl (C=O) groups is 4. The minimum atomic E-state index is -0.518. The molecule has 8 nitrogen and oxygen atoms in total. The van der Waals surface area contributed by atoms with E-state index in [1.807, 2.05) is 24.3 Å². The topological polar surface area (TPSA) is 127 Å². The Bertz CT molecular complexity index is 1410. The first kappa shape index (κ1) is 29.2. The maximum absolute atomic E-state index is 12.5. The summed E-state index contributed by atoms with van der Waals surface area (Å²) < 4.78 is 0. The number of hydrogen-bond donors (Lipinski definition) is 2. The number of anilines is 2. The van der Waals surface area contributed by atoms with Crippen molar-refractivity contribution >= 4 is 34.8 Å². The number of nitrogen functional groups attached to an aromatic ring is 2. The van der Waals surface area contributed by atoms with Crippen LogP contribution in [0, 0.1) is 23.7 Å². The van der Waals surface area contributed by atoms with Crippen LogP contribution in [0.5, 0.6) is 0 Å². The standard InChI is InChI=1S/C32H30N4O4/c1-35(21-23-12-16-27(33)17-13-23)31(39)10-4-8-29(37)25-6-3-7-26(20-25)30(38)9-5-11-32(40)36(2)22-24-14-18-28(34)19-15-24/h3,6-7,12-20H,10-11,21-22,33-34H2,1-2H3. The van der Waals surface area contributed by atoms with E-state index < -0.39 is 11.6 Å². The van der Waals surface area contributed by atoms with Gasteiger partial charge in [-0.05, 0) is 53.3 Å². The molecule has 3 aromatic rings. The van der Waals surface area contributed by atoms with Crippen molar-refractivity contribution in [3.05, 3.63) is 95.1 Å². The molecule has 3 rings (SSSR count). The van der Waals surface area contributed by atoms with Gasteiger partial charge in [0.05, 0.1) is 12.8 Å². The van der Waals surface area contributed by atoms with E-state index in [0.29, 0.717) is 24.5 Å². The van der Waals surface area contributed by atoms with Gasteiger partial charge in [-0.15, -0.1) is 0 Å². The van der Waals surface area contributed by atoms with Crippen molar-refractivity contribution in [2.24, 2.45) is 0 Å². The third-order valence-electron chi connectivity index (χ3n) is 5.92. The highest BCUT2D eigenvalue weighted by Gasteiger charge is 2.11. The Morgan fingerprint density at radius 3 is 1.38 bits per heavy atom. The molecule has 8 heteroatoms. The summed E-state index contributed by atoms with van der Waals surface area (Å²) in [6.07, 6.45) is -0.246. The van der Waals surface area contributed by atoms with Crippen molar-refractivity contribution in [1.29, 1.82) is 0 Å². The summed E-state index contributed by atoms with van der Waals surface area (Å²) in [7, 11) is 3.31. The Morgan fingerprint density at radius 1 is 0.625 bits per heavy atom. The normalized spacial score (nSPS) is 9.85. The number of amides is 2. The van der Waals surface area contributed by atoms with Gasteiger partial charge in [-0.3, -0.25) is 19.2 Å². The maximum atomic E-state index is 12.5. The van der Waals surface area contributed by atoms with E-state index in [9.17, 15) is 19.2 Å². The minimum absolute atomic E-state index is 0.123. The molecule has 202 valence electrons. The molecule has 4 N–H and O–H groups in total. The van der Waals surface area contributed by atoms with Crippen LogP contribution >= 0.6 is 0 Å². The quantitative estimate of drug-likeness (QED) is 0.198. The molecule has 0 unspecified atom stereocenters. The van der Waals surface area contributed by atoms with Crippen LogP contribution in [0.3, 0.4) is 0 Å². The molecule has 0 fully saturated rings. The van der Waals surface area contributed by atoms with E-state index in [1.165, 1.54) is 28.0 Å². The Kier molecular flexibility index (Phi) is 10.2. The third-order valence-corrected chi connectivity index (χ3v) is 5.92. The summed E-state index contributed by atoms with van der Waals surface area (Å²) in [5.41, 5.74) is 14.9. The van der Waals surface area contributed by atoms with Crippen LogP contribution in [-0.4, -0.2) is 47.3 Å². The third kappa shape index (κ3) is 8.90. The number of ketones is 2. The molecule has 0 saturated carbocycles. The predicted octanol–water partition coefficient (Wildman–Crippen LogP) is 3.32. The number of nitrogens with zero attached hydrogens (tertiary/aromatic N) is 2. The highest BCUT2D eigenvalue weighted by molar-refractivity contribution is 6.13. The van der Waals surface area contributed by atoms with Crippen LogP contribution in [0.2, 0.25) is 0 Å². The average Bonchev–Trinajstić information content (AvgIpc) is 2.95. The van der Waals surface area contributed by atoms with Crippen LogP contribution in [-0.2, 0) is 22.7 Å². The SMILES string of the molecule is CN(Cc1ccc(N)cc1)C(=O)CC#CC(=O)c1cccc(C(=O)C#CCC(=O)N(C)Cc2ccc(N)cc2)c1. The van der Waals surface area contributed by atoms with Gasteiger partial charge in [0.1, 0.15) is 0 Å². The van der Waals surface area contributed by atoms with Crippen molar-refractivity contribution in [3.63, 3.8) is 0 Å². The van der Waals surface area contributed by atoms with Crippen molar-refractivity contribution in [2.45, 2.75) is 25.9 Å². The molecule has 2 amide bonds. The van der Waals surface area contributed by atoms with Gasteiger partial charge < -0.3 is 21.3 Å². The highest BCUT2D eigenvalue weighted by atomic mass is 16.2. The molecule has 0 heterocycles. The molecule has 0 spiro atoms. The largest absolute Gasteiger partial charge is 0.399 e. The number of Topliss-reactive ketones (excluding diaryl/α,β-unsaturated/α-hetero) is 2. The minimum Gasteiger partial charge on any atom is -0.399 e. The first-order valence-corrected chi connectivity index (χ1v) is 12.5. The average molecular weight is 535 g/mol. The van der Waals surface area contributed by atoms with Crippen molar-refractivity contribution in [3.8, 4) is 23.7 Å². The number of benzene rings is 3. The fourth-order valence-corrected chi connectivity index (χ4v) is 3.59. The second-order valence-electron chi connectivity index (χ2n) is 9.18. The molecule has 0 atom stereocenters. The molecule has 0 aliphatic carbocycles. The molecule has 0 aromatic heterocycles. The number of hydrogen-bond acceptors (Lipinski definition) is 6. The Labute approximate surface area is 233 Å². The molecule has 40 heavy (non-hydrogen) atoms. The number of nitrogens with two attached hydrogens (primary N) is 2. The zero-order valence-electron chi connectivity index (χ0n) is 22.4.